The largest absolute Gasteiger partial charge is 0.490 e. The van der Waals surface area contributed by atoms with Crippen molar-refractivity contribution >= 4 is 23.2 Å². The molecule has 1 atom stereocenters. The van der Waals surface area contributed by atoms with Crippen molar-refractivity contribution in [3.63, 3.8) is 0 Å². The van der Waals surface area contributed by atoms with Gasteiger partial charge in [-0.1, -0.05) is 30.9 Å². The lowest BCUT2D eigenvalue weighted by molar-refractivity contribution is -0.118. The number of rotatable bonds is 6. The van der Waals surface area contributed by atoms with Gasteiger partial charge < -0.3 is 19.9 Å². The average molecular weight is 397 g/mol. The fraction of sp³-hybridized carbons (Fsp3) is 0.650. The Morgan fingerprint density at radius 3 is 2.56 bits per heavy atom. The highest BCUT2D eigenvalue weighted by molar-refractivity contribution is 6.34. The van der Waals surface area contributed by atoms with Crippen molar-refractivity contribution in [2.75, 3.05) is 31.6 Å². The lowest BCUT2D eigenvalue weighted by atomic mass is 9.94. The fourth-order valence-corrected chi connectivity index (χ4v) is 3.98. The molecule has 1 saturated carbocycles. The van der Waals surface area contributed by atoms with Crippen LogP contribution in [0.2, 0.25) is 5.02 Å². The van der Waals surface area contributed by atoms with Gasteiger partial charge in [0, 0.05) is 31.1 Å². The number of fused-ring (bicyclic) bond motifs is 1. The summed E-state index contributed by atoms with van der Waals surface area (Å²) >= 11 is 6.32. The third kappa shape index (κ3) is 5.74. The van der Waals surface area contributed by atoms with Gasteiger partial charge in [0.15, 0.2) is 11.5 Å². The van der Waals surface area contributed by atoms with Gasteiger partial charge in [-0.25, -0.2) is 0 Å². The molecule has 3 rings (SSSR count). The Labute approximate surface area is 165 Å². The molecule has 150 valence electrons. The summed E-state index contributed by atoms with van der Waals surface area (Å²) in [6, 6.07) is 3.76. The van der Waals surface area contributed by atoms with Crippen molar-refractivity contribution in [3.8, 4) is 11.5 Å². The van der Waals surface area contributed by atoms with Crippen molar-refractivity contribution in [3.05, 3.63) is 17.2 Å². The zero-order chi connectivity index (χ0) is 19.2. The third-order valence-corrected chi connectivity index (χ3v) is 5.36. The molecule has 1 heterocycles. The van der Waals surface area contributed by atoms with E-state index in [-0.39, 0.29) is 12.5 Å². The number of carbonyl (C=O) groups is 1. The number of halogens is 1. The van der Waals surface area contributed by atoms with Crippen molar-refractivity contribution < 1.29 is 19.4 Å². The first kappa shape index (κ1) is 20.2. The van der Waals surface area contributed by atoms with Gasteiger partial charge in [-0.2, -0.15) is 0 Å². The summed E-state index contributed by atoms with van der Waals surface area (Å²) in [4.78, 5) is 14.8. The Bertz CT molecular complexity index is 647. The Balaban J connectivity index is 1.67. The molecular weight excluding hydrogens is 368 g/mol. The number of hydrogen-bond donors (Lipinski definition) is 2. The first-order chi connectivity index (χ1) is 13.0. The summed E-state index contributed by atoms with van der Waals surface area (Å²) in [5.41, 5.74) is 0.520. The Morgan fingerprint density at radius 1 is 1.22 bits per heavy atom. The summed E-state index contributed by atoms with van der Waals surface area (Å²) in [7, 11) is 0. The molecule has 0 saturated heterocycles. The zero-order valence-electron chi connectivity index (χ0n) is 15.9. The number of nitrogens with zero attached hydrogens (tertiary/aromatic N) is 1. The molecule has 0 bridgehead atoms. The van der Waals surface area contributed by atoms with Gasteiger partial charge in [0.25, 0.3) is 0 Å². The van der Waals surface area contributed by atoms with E-state index in [9.17, 15) is 9.90 Å². The molecule has 1 aromatic carbocycles. The monoisotopic (exact) mass is 396 g/mol. The molecule has 27 heavy (non-hydrogen) atoms. The number of benzene rings is 1. The minimum atomic E-state index is -0.471. The van der Waals surface area contributed by atoms with Gasteiger partial charge >= 0.3 is 0 Å². The summed E-state index contributed by atoms with van der Waals surface area (Å²) in [6.45, 7) is 3.65. The molecule has 1 unspecified atom stereocenters. The molecule has 1 amide bonds. The van der Waals surface area contributed by atoms with Crippen LogP contribution < -0.4 is 14.8 Å². The van der Waals surface area contributed by atoms with Gasteiger partial charge in [0.1, 0.15) is 0 Å². The number of hydrogen-bond acceptors (Lipinski definition) is 5. The number of nitrogens with one attached hydrogen (secondary N) is 1. The SMILES string of the molecule is CC(O)CN(CC(=O)Nc1cc2c(cc1Cl)OCCCO2)C1CCCCC1. The fourth-order valence-electron chi connectivity index (χ4n) is 3.78. The Morgan fingerprint density at radius 2 is 1.89 bits per heavy atom. The van der Waals surface area contributed by atoms with E-state index >= 15 is 0 Å². The average Bonchev–Trinajstić information content (AvgIpc) is 2.87. The molecule has 1 aliphatic heterocycles. The van der Waals surface area contributed by atoms with Gasteiger partial charge in [0.2, 0.25) is 5.91 Å². The third-order valence-electron chi connectivity index (χ3n) is 5.05. The molecular formula is C20H29ClN2O4. The maximum atomic E-state index is 12.7. The van der Waals surface area contributed by atoms with Crippen molar-refractivity contribution in [1.82, 2.24) is 4.90 Å². The second kappa shape index (κ2) is 9.62. The van der Waals surface area contributed by atoms with E-state index < -0.39 is 6.10 Å². The quantitative estimate of drug-likeness (QED) is 0.770. The van der Waals surface area contributed by atoms with E-state index in [4.69, 9.17) is 21.1 Å². The molecule has 7 heteroatoms. The van der Waals surface area contributed by atoms with Crippen LogP contribution in [0.4, 0.5) is 5.69 Å². The van der Waals surface area contributed by atoms with E-state index in [2.05, 4.69) is 10.2 Å². The second-order valence-corrected chi connectivity index (χ2v) is 7.85. The predicted octanol–water partition coefficient (Wildman–Crippen LogP) is 3.46. The summed E-state index contributed by atoms with van der Waals surface area (Å²) in [6.07, 6.45) is 6.09. The molecule has 2 N–H and O–H groups in total. The van der Waals surface area contributed by atoms with E-state index in [0.29, 0.717) is 48.0 Å². The molecule has 1 aromatic rings. The first-order valence-electron chi connectivity index (χ1n) is 9.84. The second-order valence-electron chi connectivity index (χ2n) is 7.45. The normalized spacial score (nSPS) is 18.8. The van der Waals surface area contributed by atoms with Crippen LogP contribution in [0, 0.1) is 0 Å². The van der Waals surface area contributed by atoms with E-state index in [1.54, 1.807) is 19.1 Å². The maximum Gasteiger partial charge on any atom is 0.238 e. The number of anilines is 1. The van der Waals surface area contributed by atoms with E-state index in [0.717, 1.165) is 19.3 Å². The summed E-state index contributed by atoms with van der Waals surface area (Å²) in [5, 5.41) is 13.2. The van der Waals surface area contributed by atoms with Gasteiger partial charge in [0.05, 0.1) is 36.6 Å². The van der Waals surface area contributed by atoms with Crippen LogP contribution in [-0.2, 0) is 4.79 Å². The molecule has 0 aromatic heterocycles. The molecule has 0 spiro atoms. The minimum Gasteiger partial charge on any atom is -0.490 e. The number of carbonyl (C=O) groups excluding carboxylic acids is 1. The number of aliphatic hydroxyl groups is 1. The lowest BCUT2D eigenvalue weighted by Gasteiger charge is -2.34. The van der Waals surface area contributed by atoms with Crippen LogP contribution in [-0.4, -0.2) is 54.4 Å². The topological polar surface area (TPSA) is 71.0 Å². The molecule has 6 nitrogen and oxygen atoms in total. The minimum absolute atomic E-state index is 0.141. The van der Waals surface area contributed by atoms with E-state index in [1.807, 2.05) is 0 Å². The Kier molecular flexibility index (Phi) is 7.21. The highest BCUT2D eigenvalue weighted by atomic mass is 35.5. The summed E-state index contributed by atoms with van der Waals surface area (Å²) < 4.78 is 11.3. The number of ether oxygens (including phenoxy) is 2. The van der Waals surface area contributed by atoms with E-state index in [1.165, 1.54) is 19.3 Å². The Hall–Kier alpha value is -1.50. The van der Waals surface area contributed by atoms with Gasteiger partial charge in [-0.15, -0.1) is 0 Å². The molecule has 1 aliphatic carbocycles. The highest BCUT2D eigenvalue weighted by Gasteiger charge is 2.24. The van der Waals surface area contributed by atoms with Crippen LogP contribution >= 0.6 is 11.6 Å². The molecule has 2 aliphatic rings. The van der Waals surface area contributed by atoms with Crippen LogP contribution in [0.5, 0.6) is 11.5 Å². The van der Waals surface area contributed by atoms with Crippen LogP contribution in [0.1, 0.15) is 45.4 Å². The lowest BCUT2D eigenvalue weighted by Crippen LogP contribution is -2.45. The number of aliphatic hydroxyl groups excluding tert-OH is 1. The predicted molar refractivity (Wildman–Crippen MR) is 106 cm³/mol. The summed E-state index contributed by atoms with van der Waals surface area (Å²) in [5.74, 6) is 1.06. The number of amides is 1. The van der Waals surface area contributed by atoms with Crippen molar-refractivity contribution in [2.24, 2.45) is 0 Å². The van der Waals surface area contributed by atoms with Crippen molar-refractivity contribution in [1.29, 1.82) is 0 Å². The zero-order valence-corrected chi connectivity index (χ0v) is 16.6. The molecule has 1 fully saturated rings. The van der Waals surface area contributed by atoms with Crippen molar-refractivity contribution in [2.45, 2.75) is 57.6 Å². The maximum absolute atomic E-state index is 12.7. The van der Waals surface area contributed by atoms with Crippen LogP contribution in [0.25, 0.3) is 0 Å². The van der Waals surface area contributed by atoms with Crippen LogP contribution in [0.15, 0.2) is 12.1 Å². The van der Waals surface area contributed by atoms with Gasteiger partial charge in [-0.3, -0.25) is 9.69 Å². The standard InChI is InChI=1S/C20H29ClN2O4/c1-14(24)12-23(15-6-3-2-4-7-15)13-20(25)22-17-11-19-18(10-16(17)21)26-8-5-9-27-19/h10-11,14-15,24H,2-9,12-13H2,1H3,(H,22,25). The molecule has 0 radical (unpaired) electrons. The smallest absolute Gasteiger partial charge is 0.238 e. The highest BCUT2D eigenvalue weighted by Crippen LogP contribution is 2.37. The van der Waals surface area contributed by atoms with Crippen LogP contribution in [0.3, 0.4) is 0 Å². The first-order valence-corrected chi connectivity index (χ1v) is 10.2. The van der Waals surface area contributed by atoms with Gasteiger partial charge in [-0.05, 0) is 19.8 Å².